The summed E-state index contributed by atoms with van der Waals surface area (Å²) >= 11 is 0. The predicted molar refractivity (Wildman–Crippen MR) is 108 cm³/mol. The van der Waals surface area contributed by atoms with Gasteiger partial charge in [-0.3, -0.25) is 0 Å². The number of allylic oxidation sites excluding steroid dienone is 2. The van der Waals surface area contributed by atoms with Gasteiger partial charge in [0.15, 0.2) is 5.57 Å². The monoisotopic (exact) mass is 353 g/mol. The van der Waals surface area contributed by atoms with Crippen molar-refractivity contribution in [1.82, 2.24) is 0 Å². The van der Waals surface area contributed by atoms with Crippen molar-refractivity contribution in [1.29, 1.82) is 0 Å². The summed E-state index contributed by atoms with van der Waals surface area (Å²) in [6.07, 6.45) is 11.5. The quantitative estimate of drug-likeness (QED) is 0.279. The van der Waals surface area contributed by atoms with Gasteiger partial charge >= 0.3 is 5.97 Å². The Hall–Kier alpha value is -2.80. The summed E-state index contributed by atoms with van der Waals surface area (Å²) in [4.78, 5) is 15.3. The summed E-state index contributed by atoms with van der Waals surface area (Å²) < 4.78 is 4.63. The van der Waals surface area contributed by atoms with Crippen molar-refractivity contribution in [3.8, 4) is 12.3 Å². The summed E-state index contributed by atoms with van der Waals surface area (Å²) in [5.74, 6) is 1.90. The molecule has 1 aliphatic rings. The van der Waals surface area contributed by atoms with E-state index >= 15 is 0 Å². The van der Waals surface area contributed by atoms with Crippen molar-refractivity contribution in [3.63, 3.8) is 0 Å². The Morgan fingerprint density at radius 3 is 2.38 bits per heavy atom. The molecule has 0 heterocycles. The molecule has 0 unspecified atom stereocenters. The number of methoxy groups -OCH3 is 1. The third-order valence-electron chi connectivity index (χ3n) is 4.23. The number of aliphatic hydroxyl groups is 1. The molecule has 1 N–H and O–H groups in total. The van der Waals surface area contributed by atoms with E-state index in [1.165, 1.54) is 25.5 Å². The van der Waals surface area contributed by atoms with Crippen LogP contribution in [0.4, 0.5) is 0 Å². The molecule has 0 amide bonds. The SMILES string of the molecule is C#C/C(C(=O)OC)=C(/O)c1ccc(C2CC2)cc1/C(C)=C\C.CC=NC. The Kier molecular flexibility index (Phi) is 8.37. The number of nitrogens with zero attached hydrogens (tertiary/aromatic N) is 1. The Bertz CT molecular complexity index is 771. The third kappa shape index (κ3) is 5.35. The first-order chi connectivity index (χ1) is 12.4. The van der Waals surface area contributed by atoms with Crippen molar-refractivity contribution >= 4 is 23.5 Å². The van der Waals surface area contributed by atoms with Crippen LogP contribution in [0.5, 0.6) is 0 Å². The van der Waals surface area contributed by atoms with E-state index < -0.39 is 5.97 Å². The minimum atomic E-state index is -0.713. The van der Waals surface area contributed by atoms with E-state index in [-0.39, 0.29) is 11.3 Å². The first kappa shape index (κ1) is 21.2. The van der Waals surface area contributed by atoms with E-state index in [1.54, 1.807) is 13.3 Å². The molecule has 4 heteroatoms. The molecule has 0 bridgehead atoms. The number of rotatable bonds is 4. The van der Waals surface area contributed by atoms with Crippen LogP contribution in [0.3, 0.4) is 0 Å². The standard InChI is InChI=1S/C19H20O3.C3H7N/c1-5-12(3)17-11-14(13-7-8-13)9-10-16(17)18(20)15(6-2)19(21)22-4;1-3-4-2/h2,5,9-11,13,20H,7-8H2,1,3-4H3;3H,1-2H3/b12-5-,18-15-;. The molecule has 138 valence electrons. The van der Waals surface area contributed by atoms with E-state index in [4.69, 9.17) is 6.42 Å². The number of aliphatic imine (C=N–C) groups is 1. The molecule has 0 aromatic heterocycles. The Morgan fingerprint density at radius 1 is 1.35 bits per heavy atom. The first-order valence-electron chi connectivity index (χ1n) is 8.57. The lowest BCUT2D eigenvalue weighted by atomic mass is 9.94. The number of ether oxygens (including phenoxy) is 1. The number of carbonyl (C=O) groups excluding carboxylic acids is 1. The second-order valence-electron chi connectivity index (χ2n) is 5.93. The number of esters is 1. The highest BCUT2D eigenvalue weighted by atomic mass is 16.5. The zero-order chi connectivity index (χ0) is 19.7. The molecule has 0 radical (unpaired) electrons. The predicted octanol–water partition coefficient (Wildman–Crippen LogP) is 4.77. The fourth-order valence-corrected chi connectivity index (χ4v) is 2.38. The number of carbonyl (C=O) groups is 1. The summed E-state index contributed by atoms with van der Waals surface area (Å²) in [5, 5.41) is 10.5. The van der Waals surface area contributed by atoms with Gasteiger partial charge in [-0.25, -0.2) is 4.79 Å². The molecule has 1 aliphatic carbocycles. The van der Waals surface area contributed by atoms with Crippen LogP contribution in [0.15, 0.2) is 34.8 Å². The molecule has 0 saturated heterocycles. The van der Waals surface area contributed by atoms with Crippen LogP contribution < -0.4 is 0 Å². The molecule has 1 aromatic carbocycles. The van der Waals surface area contributed by atoms with Crippen molar-refractivity contribution in [2.45, 2.75) is 39.5 Å². The molecule has 0 aliphatic heterocycles. The number of aliphatic hydroxyl groups excluding tert-OH is 1. The molecule has 26 heavy (non-hydrogen) atoms. The second-order valence-corrected chi connectivity index (χ2v) is 5.93. The van der Waals surface area contributed by atoms with Crippen LogP contribution >= 0.6 is 0 Å². The molecule has 2 rings (SSSR count). The van der Waals surface area contributed by atoms with Crippen LogP contribution in [0.2, 0.25) is 0 Å². The highest BCUT2D eigenvalue weighted by molar-refractivity contribution is 6.01. The minimum Gasteiger partial charge on any atom is -0.506 e. The lowest BCUT2D eigenvalue weighted by molar-refractivity contribution is -0.135. The largest absolute Gasteiger partial charge is 0.506 e. The summed E-state index contributed by atoms with van der Waals surface area (Å²) in [6.45, 7) is 5.79. The number of hydrogen-bond donors (Lipinski definition) is 1. The van der Waals surface area contributed by atoms with Gasteiger partial charge in [0.1, 0.15) is 5.76 Å². The third-order valence-corrected chi connectivity index (χ3v) is 4.23. The van der Waals surface area contributed by atoms with Gasteiger partial charge in [0.2, 0.25) is 0 Å². The zero-order valence-electron chi connectivity index (χ0n) is 16.2. The van der Waals surface area contributed by atoms with Gasteiger partial charge in [0.25, 0.3) is 0 Å². The average molecular weight is 353 g/mol. The molecular weight excluding hydrogens is 326 g/mol. The molecule has 4 nitrogen and oxygen atoms in total. The van der Waals surface area contributed by atoms with Crippen molar-refractivity contribution < 1.29 is 14.6 Å². The maximum Gasteiger partial charge on any atom is 0.350 e. The highest BCUT2D eigenvalue weighted by Gasteiger charge is 2.25. The first-order valence-corrected chi connectivity index (χ1v) is 8.57. The van der Waals surface area contributed by atoms with Gasteiger partial charge in [-0.05, 0) is 62.4 Å². The normalized spacial score (nSPS) is 14.8. The van der Waals surface area contributed by atoms with E-state index in [1.807, 2.05) is 39.0 Å². The summed E-state index contributed by atoms with van der Waals surface area (Å²) in [5.41, 5.74) is 3.56. The molecule has 1 fully saturated rings. The van der Waals surface area contributed by atoms with Crippen LogP contribution in [-0.2, 0) is 9.53 Å². The number of terminal acetylenes is 1. The molecular formula is C22H27NO3. The van der Waals surface area contributed by atoms with Crippen LogP contribution in [0.1, 0.15) is 56.2 Å². The summed E-state index contributed by atoms with van der Waals surface area (Å²) in [6, 6.07) is 5.89. The second kappa shape index (κ2) is 10.2. The van der Waals surface area contributed by atoms with Crippen LogP contribution in [-0.4, -0.2) is 31.4 Å². The fraction of sp³-hybridized carbons (Fsp3) is 0.364. The molecule has 0 spiro atoms. The Morgan fingerprint density at radius 2 is 1.96 bits per heavy atom. The molecule has 1 aromatic rings. The number of hydrogen-bond acceptors (Lipinski definition) is 4. The zero-order valence-corrected chi connectivity index (χ0v) is 16.2. The van der Waals surface area contributed by atoms with Gasteiger partial charge in [-0.15, -0.1) is 6.42 Å². The molecule has 0 atom stereocenters. The summed E-state index contributed by atoms with van der Waals surface area (Å²) in [7, 11) is 2.99. The Balaban J connectivity index is 0.000000765. The maximum absolute atomic E-state index is 11.7. The minimum absolute atomic E-state index is 0.160. The lowest BCUT2D eigenvalue weighted by Gasteiger charge is -2.13. The lowest BCUT2D eigenvalue weighted by Crippen LogP contribution is -2.07. The van der Waals surface area contributed by atoms with Crippen molar-refractivity contribution in [3.05, 3.63) is 46.5 Å². The van der Waals surface area contributed by atoms with Crippen LogP contribution in [0, 0.1) is 12.3 Å². The smallest absolute Gasteiger partial charge is 0.350 e. The van der Waals surface area contributed by atoms with Gasteiger partial charge in [-0.1, -0.05) is 30.2 Å². The van der Waals surface area contributed by atoms with Crippen molar-refractivity contribution in [2.24, 2.45) is 4.99 Å². The number of benzene rings is 1. The van der Waals surface area contributed by atoms with E-state index in [0.717, 1.165) is 11.1 Å². The fourth-order valence-electron chi connectivity index (χ4n) is 2.38. The average Bonchev–Trinajstić information content (AvgIpc) is 3.52. The van der Waals surface area contributed by atoms with E-state index in [2.05, 4.69) is 21.7 Å². The van der Waals surface area contributed by atoms with Gasteiger partial charge in [0, 0.05) is 12.6 Å². The van der Waals surface area contributed by atoms with Gasteiger partial charge in [0.05, 0.1) is 7.11 Å². The van der Waals surface area contributed by atoms with Gasteiger partial charge < -0.3 is 14.8 Å². The topological polar surface area (TPSA) is 58.9 Å². The van der Waals surface area contributed by atoms with E-state index in [0.29, 0.717) is 11.5 Å². The maximum atomic E-state index is 11.7. The Labute approximate surface area is 156 Å². The van der Waals surface area contributed by atoms with Crippen LogP contribution in [0.25, 0.3) is 11.3 Å². The van der Waals surface area contributed by atoms with Crippen molar-refractivity contribution in [2.75, 3.05) is 14.2 Å². The highest BCUT2D eigenvalue weighted by Crippen LogP contribution is 2.41. The van der Waals surface area contributed by atoms with Gasteiger partial charge in [-0.2, -0.15) is 0 Å². The molecule has 1 saturated carbocycles. The van der Waals surface area contributed by atoms with E-state index in [9.17, 15) is 9.90 Å².